The van der Waals surface area contributed by atoms with E-state index < -0.39 is 0 Å². The molecule has 1 aliphatic rings. The summed E-state index contributed by atoms with van der Waals surface area (Å²) < 4.78 is 10.8. The van der Waals surface area contributed by atoms with Crippen LogP contribution in [0.5, 0.6) is 11.5 Å². The Bertz CT molecular complexity index is 477. The summed E-state index contributed by atoms with van der Waals surface area (Å²) in [4.78, 5) is 0. The van der Waals surface area contributed by atoms with Gasteiger partial charge in [-0.1, -0.05) is 5.16 Å². The summed E-state index contributed by atoms with van der Waals surface area (Å²) in [7, 11) is 0. The number of hydrogen-bond acceptors (Lipinski definition) is 5. The maximum absolute atomic E-state index is 8.73. The van der Waals surface area contributed by atoms with Crippen LogP contribution in [-0.4, -0.2) is 24.1 Å². The zero-order valence-electron chi connectivity index (χ0n) is 9.22. The van der Waals surface area contributed by atoms with Crippen LogP contribution >= 0.6 is 0 Å². The average molecular weight is 232 g/mol. The molecular formula is C12H12N2O3. The zero-order chi connectivity index (χ0) is 12.1. The fraction of sp³-hybridized carbons (Fsp3) is 0.333. The van der Waals surface area contributed by atoms with Crippen LogP contribution in [0.15, 0.2) is 23.4 Å². The summed E-state index contributed by atoms with van der Waals surface area (Å²) >= 11 is 0. The molecule has 17 heavy (non-hydrogen) atoms. The van der Waals surface area contributed by atoms with Gasteiger partial charge in [0.05, 0.1) is 12.7 Å². The van der Waals surface area contributed by atoms with Gasteiger partial charge in [0.1, 0.15) is 23.8 Å². The van der Waals surface area contributed by atoms with Gasteiger partial charge in [-0.25, -0.2) is 0 Å². The lowest BCUT2D eigenvalue weighted by Crippen LogP contribution is -2.01. The van der Waals surface area contributed by atoms with E-state index in [2.05, 4.69) is 11.2 Å². The molecule has 1 N–H and O–H groups in total. The van der Waals surface area contributed by atoms with Gasteiger partial charge in [-0.15, -0.1) is 0 Å². The van der Waals surface area contributed by atoms with Gasteiger partial charge >= 0.3 is 0 Å². The number of unbranched alkanes of at least 4 members (excludes halogenated alkanes) is 1. The predicted molar refractivity (Wildman–Crippen MR) is 60.6 cm³/mol. The largest absolute Gasteiger partial charge is 0.493 e. The van der Waals surface area contributed by atoms with E-state index in [9.17, 15) is 0 Å². The molecule has 0 aliphatic carbocycles. The van der Waals surface area contributed by atoms with Crippen LogP contribution in [0.2, 0.25) is 0 Å². The van der Waals surface area contributed by atoms with Crippen LogP contribution in [0.25, 0.3) is 0 Å². The van der Waals surface area contributed by atoms with Gasteiger partial charge in [-0.3, -0.25) is 0 Å². The second kappa shape index (κ2) is 5.21. The van der Waals surface area contributed by atoms with Gasteiger partial charge in [0, 0.05) is 18.1 Å². The lowest BCUT2D eigenvalue weighted by molar-refractivity contribution is 0.308. The Morgan fingerprint density at radius 1 is 1.53 bits per heavy atom. The topological polar surface area (TPSA) is 74.8 Å². The lowest BCUT2D eigenvalue weighted by Gasteiger charge is -2.06. The van der Waals surface area contributed by atoms with E-state index in [0.29, 0.717) is 36.7 Å². The minimum Gasteiger partial charge on any atom is -0.493 e. The Hall–Kier alpha value is -2.22. The minimum atomic E-state index is 0.281. The van der Waals surface area contributed by atoms with Gasteiger partial charge in [0.2, 0.25) is 0 Å². The summed E-state index contributed by atoms with van der Waals surface area (Å²) in [6.45, 7) is 0.789. The molecule has 0 saturated carbocycles. The van der Waals surface area contributed by atoms with Crippen LogP contribution < -0.4 is 9.47 Å². The molecule has 1 heterocycles. The third-order valence-electron chi connectivity index (χ3n) is 2.45. The molecule has 0 radical (unpaired) electrons. The molecule has 0 spiro atoms. The maximum atomic E-state index is 8.73. The first-order valence-electron chi connectivity index (χ1n) is 5.33. The third kappa shape index (κ3) is 2.48. The molecule has 0 fully saturated rings. The van der Waals surface area contributed by atoms with Crippen molar-refractivity contribution in [3.8, 4) is 17.6 Å². The number of ether oxygens (including phenoxy) is 2. The maximum Gasteiger partial charge on any atom is 0.134 e. The molecule has 1 aliphatic heterocycles. The Morgan fingerprint density at radius 2 is 2.41 bits per heavy atom. The molecule has 2 rings (SSSR count). The molecular weight excluding hydrogens is 220 g/mol. The van der Waals surface area contributed by atoms with Crippen molar-refractivity contribution in [3.63, 3.8) is 0 Å². The van der Waals surface area contributed by atoms with E-state index >= 15 is 0 Å². The van der Waals surface area contributed by atoms with Crippen LogP contribution in [0, 0.1) is 11.3 Å². The standard InChI is InChI=1S/C12H12N2O3/c13-5-1-2-6-16-9-3-4-10-11(14-15)8-17-12(10)7-9/h3-4,7,15H,1-2,6,8H2. The highest BCUT2D eigenvalue weighted by Gasteiger charge is 2.20. The first-order chi connectivity index (χ1) is 8.35. The highest BCUT2D eigenvalue weighted by molar-refractivity contribution is 6.05. The number of hydrogen-bond donors (Lipinski definition) is 1. The minimum absolute atomic E-state index is 0.281. The highest BCUT2D eigenvalue weighted by Crippen LogP contribution is 2.29. The Morgan fingerprint density at radius 3 is 3.18 bits per heavy atom. The smallest absolute Gasteiger partial charge is 0.134 e. The van der Waals surface area contributed by atoms with Crippen molar-refractivity contribution in [2.45, 2.75) is 12.8 Å². The van der Waals surface area contributed by atoms with Crippen molar-refractivity contribution in [1.29, 1.82) is 5.26 Å². The Balaban J connectivity index is 2.01. The van der Waals surface area contributed by atoms with Crippen molar-refractivity contribution in [1.82, 2.24) is 0 Å². The average Bonchev–Trinajstić information content (AvgIpc) is 2.77. The van der Waals surface area contributed by atoms with Gasteiger partial charge in [0.15, 0.2) is 0 Å². The molecule has 1 aromatic rings. The van der Waals surface area contributed by atoms with E-state index in [1.54, 1.807) is 18.2 Å². The first kappa shape index (κ1) is 11.3. The number of oxime groups is 1. The van der Waals surface area contributed by atoms with Gasteiger partial charge in [0.25, 0.3) is 0 Å². The predicted octanol–water partition coefficient (Wildman–Crippen LogP) is 1.94. The SMILES string of the molecule is N#CCCCOc1ccc2c(c1)OCC2=NO. The molecule has 5 heteroatoms. The second-order valence-electron chi connectivity index (χ2n) is 3.60. The van der Waals surface area contributed by atoms with Crippen LogP contribution in [0.1, 0.15) is 18.4 Å². The fourth-order valence-corrected chi connectivity index (χ4v) is 1.60. The summed E-state index contributed by atoms with van der Waals surface area (Å²) in [6.07, 6.45) is 1.19. The van der Waals surface area contributed by atoms with Crippen LogP contribution in [0.3, 0.4) is 0 Å². The number of nitrogens with zero attached hydrogens (tertiary/aromatic N) is 2. The zero-order valence-corrected chi connectivity index (χ0v) is 9.22. The Labute approximate surface area is 98.9 Å². The number of nitriles is 1. The molecule has 88 valence electrons. The second-order valence-corrected chi connectivity index (χ2v) is 3.60. The number of fused-ring (bicyclic) bond motifs is 1. The lowest BCUT2D eigenvalue weighted by atomic mass is 10.1. The summed E-state index contributed by atoms with van der Waals surface area (Å²) in [5.74, 6) is 1.36. The van der Waals surface area contributed by atoms with E-state index in [1.165, 1.54) is 0 Å². The summed E-state index contributed by atoms with van der Waals surface area (Å²) in [5.41, 5.74) is 1.31. The Kier molecular flexibility index (Phi) is 3.46. The van der Waals surface area contributed by atoms with Gasteiger partial charge in [-0.05, 0) is 18.6 Å². The molecule has 0 bridgehead atoms. The molecule has 5 nitrogen and oxygen atoms in total. The monoisotopic (exact) mass is 232 g/mol. The van der Waals surface area contributed by atoms with Crippen molar-refractivity contribution in [2.24, 2.45) is 5.16 Å². The van der Waals surface area contributed by atoms with E-state index in [1.807, 2.05) is 0 Å². The van der Waals surface area contributed by atoms with Gasteiger partial charge in [-0.2, -0.15) is 5.26 Å². The van der Waals surface area contributed by atoms with Crippen LogP contribution in [-0.2, 0) is 0 Å². The van der Waals surface area contributed by atoms with Crippen molar-refractivity contribution in [2.75, 3.05) is 13.2 Å². The summed E-state index contributed by atoms with van der Waals surface area (Å²) in [5, 5.41) is 20.3. The molecule has 1 aromatic carbocycles. The van der Waals surface area contributed by atoms with Gasteiger partial charge < -0.3 is 14.7 Å². The molecule has 0 atom stereocenters. The quantitative estimate of drug-likeness (QED) is 0.489. The van der Waals surface area contributed by atoms with E-state index in [0.717, 1.165) is 5.56 Å². The molecule has 0 saturated heterocycles. The molecule has 0 amide bonds. The molecule has 0 unspecified atom stereocenters. The summed E-state index contributed by atoms with van der Waals surface area (Å²) in [6, 6.07) is 7.42. The molecule has 0 aromatic heterocycles. The number of rotatable bonds is 4. The van der Waals surface area contributed by atoms with E-state index in [-0.39, 0.29) is 6.61 Å². The van der Waals surface area contributed by atoms with Crippen molar-refractivity contribution < 1.29 is 14.7 Å². The van der Waals surface area contributed by atoms with Crippen LogP contribution in [0.4, 0.5) is 0 Å². The van der Waals surface area contributed by atoms with Crippen molar-refractivity contribution >= 4 is 5.71 Å². The first-order valence-corrected chi connectivity index (χ1v) is 5.33. The normalized spacial score (nSPS) is 15.1. The highest BCUT2D eigenvalue weighted by atomic mass is 16.5. The number of benzene rings is 1. The van der Waals surface area contributed by atoms with E-state index in [4.69, 9.17) is 19.9 Å². The van der Waals surface area contributed by atoms with Crippen molar-refractivity contribution in [3.05, 3.63) is 23.8 Å². The fourth-order valence-electron chi connectivity index (χ4n) is 1.60. The third-order valence-corrected chi connectivity index (χ3v) is 2.45.